The highest BCUT2D eigenvalue weighted by Crippen LogP contribution is 2.27. The van der Waals surface area contributed by atoms with Gasteiger partial charge < -0.3 is 42.6 Å². The Bertz CT molecular complexity index is 1340. The van der Waals surface area contributed by atoms with Crippen molar-refractivity contribution in [3.05, 3.63) is 77.4 Å². The zero-order valence-electron chi connectivity index (χ0n) is 22.1. The van der Waals surface area contributed by atoms with Crippen molar-refractivity contribution in [2.24, 2.45) is 0 Å². The zero-order valence-corrected chi connectivity index (χ0v) is 22.1. The first-order valence-corrected chi connectivity index (χ1v) is 12.8. The SMILES string of the molecule is Cc1cc(OC(=O)c2ccc(OCOCC3CO3)c(F)c2)ccc1OCOc1ccc(OCOCC2CO2)c(F)c1. The first-order chi connectivity index (χ1) is 19.9. The maximum atomic E-state index is 14.4. The van der Waals surface area contributed by atoms with Gasteiger partial charge in [-0.05, 0) is 61.0 Å². The Morgan fingerprint density at radius 1 is 0.732 bits per heavy atom. The molecule has 10 nitrogen and oxygen atoms in total. The van der Waals surface area contributed by atoms with E-state index in [-0.39, 0.29) is 61.1 Å². The quantitative estimate of drug-likeness (QED) is 0.0803. The van der Waals surface area contributed by atoms with E-state index in [4.69, 9.17) is 42.6 Å². The fourth-order valence-electron chi connectivity index (χ4n) is 3.51. The van der Waals surface area contributed by atoms with Gasteiger partial charge in [0.2, 0.25) is 6.79 Å². The molecule has 2 aliphatic rings. The first-order valence-electron chi connectivity index (χ1n) is 12.8. The Morgan fingerprint density at radius 3 is 1.88 bits per heavy atom. The van der Waals surface area contributed by atoms with Crippen LogP contribution in [0.2, 0.25) is 0 Å². The number of ether oxygens (including phenoxy) is 9. The van der Waals surface area contributed by atoms with Crippen LogP contribution in [0.25, 0.3) is 0 Å². The van der Waals surface area contributed by atoms with E-state index in [9.17, 15) is 13.6 Å². The Hall–Kier alpha value is -3.97. The van der Waals surface area contributed by atoms with Crippen LogP contribution in [0.3, 0.4) is 0 Å². The van der Waals surface area contributed by atoms with Gasteiger partial charge >= 0.3 is 5.97 Å². The molecule has 0 aliphatic carbocycles. The van der Waals surface area contributed by atoms with E-state index < -0.39 is 17.6 Å². The summed E-state index contributed by atoms with van der Waals surface area (Å²) in [7, 11) is 0. The van der Waals surface area contributed by atoms with E-state index >= 15 is 0 Å². The molecule has 12 heteroatoms. The number of carbonyl (C=O) groups excluding carboxylic acids is 1. The minimum atomic E-state index is -0.744. The van der Waals surface area contributed by atoms with Gasteiger partial charge in [0.25, 0.3) is 0 Å². The molecule has 0 spiro atoms. The average molecular weight is 575 g/mol. The largest absolute Gasteiger partial charge is 0.464 e. The summed E-state index contributed by atoms with van der Waals surface area (Å²) in [6.45, 7) is 3.43. The van der Waals surface area contributed by atoms with Gasteiger partial charge in [0.15, 0.2) is 36.7 Å². The third-order valence-electron chi connectivity index (χ3n) is 5.88. The van der Waals surface area contributed by atoms with Crippen LogP contribution in [0, 0.1) is 18.6 Å². The van der Waals surface area contributed by atoms with E-state index in [1.807, 2.05) is 0 Å². The number of halogens is 2. The van der Waals surface area contributed by atoms with E-state index in [0.29, 0.717) is 37.7 Å². The van der Waals surface area contributed by atoms with Crippen LogP contribution in [0.15, 0.2) is 54.6 Å². The summed E-state index contributed by atoms with van der Waals surface area (Å²) < 4.78 is 76.1. The summed E-state index contributed by atoms with van der Waals surface area (Å²) in [5.74, 6) is -1.13. The summed E-state index contributed by atoms with van der Waals surface area (Å²) in [4.78, 5) is 12.5. The molecular weight excluding hydrogens is 546 g/mol. The van der Waals surface area contributed by atoms with Gasteiger partial charge in [-0.3, -0.25) is 0 Å². The third-order valence-corrected chi connectivity index (χ3v) is 5.88. The molecule has 2 fully saturated rings. The number of esters is 1. The van der Waals surface area contributed by atoms with E-state index in [0.717, 1.165) is 6.07 Å². The molecule has 2 aliphatic heterocycles. The maximum absolute atomic E-state index is 14.4. The highest BCUT2D eigenvalue weighted by Gasteiger charge is 2.23. The Balaban J connectivity index is 1.06. The minimum Gasteiger partial charge on any atom is -0.464 e. The number of aryl methyl sites for hydroxylation is 1. The molecule has 0 radical (unpaired) electrons. The number of hydrogen-bond acceptors (Lipinski definition) is 10. The lowest BCUT2D eigenvalue weighted by atomic mass is 10.2. The topological polar surface area (TPSA) is 107 Å². The molecule has 2 heterocycles. The lowest BCUT2D eigenvalue weighted by Gasteiger charge is -2.13. The summed E-state index contributed by atoms with van der Waals surface area (Å²) in [6.07, 6.45) is 0.176. The predicted molar refractivity (Wildman–Crippen MR) is 137 cm³/mol. The minimum absolute atomic E-state index is 0.0116. The molecule has 5 rings (SSSR count). The van der Waals surface area contributed by atoms with Crippen LogP contribution < -0.4 is 23.7 Å². The average Bonchev–Trinajstić information content (AvgIpc) is 3.88. The molecule has 0 N–H and O–H groups in total. The Kier molecular flexibility index (Phi) is 9.47. The lowest BCUT2D eigenvalue weighted by Crippen LogP contribution is -2.11. The van der Waals surface area contributed by atoms with Crippen molar-refractivity contribution < 1.29 is 56.2 Å². The van der Waals surface area contributed by atoms with Crippen molar-refractivity contribution in [2.45, 2.75) is 19.1 Å². The molecule has 2 saturated heterocycles. The fourth-order valence-corrected chi connectivity index (χ4v) is 3.51. The monoisotopic (exact) mass is 574 g/mol. The molecule has 3 aromatic rings. The summed E-state index contributed by atoms with van der Waals surface area (Å²) >= 11 is 0. The highest BCUT2D eigenvalue weighted by atomic mass is 19.1. The molecule has 0 bridgehead atoms. The van der Waals surface area contributed by atoms with Crippen LogP contribution in [0.5, 0.6) is 28.7 Å². The first kappa shape index (κ1) is 28.6. The van der Waals surface area contributed by atoms with Crippen molar-refractivity contribution in [2.75, 3.05) is 46.8 Å². The van der Waals surface area contributed by atoms with Gasteiger partial charge in [-0.2, -0.15) is 0 Å². The number of rotatable bonds is 16. The van der Waals surface area contributed by atoms with Crippen LogP contribution in [-0.4, -0.2) is 65.0 Å². The van der Waals surface area contributed by atoms with E-state index in [1.54, 1.807) is 25.1 Å². The lowest BCUT2D eigenvalue weighted by molar-refractivity contribution is 0.00607. The molecule has 41 heavy (non-hydrogen) atoms. The number of hydrogen-bond donors (Lipinski definition) is 0. The fraction of sp³-hybridized carbons (Fsp3) is 0.345. The van der Waals surface area contributed by atoms with Gasteiger partial charge in [0.05, 0.1) is 32.0 Å². The van der Waals surface area contributed by atoms with Crippen LogP contribution >= 0.6 is 0 Å². The van der Waals surface area contributed by atoms with Crippen molar-refractivity contribution in [3.63, 3.8) is 0 Å². The van der Waals surface area contributed by atoms with Gasteiger partial charge in [-0.15, -0.1) is 0 Å². The predicted octanol–water partition coefficient (Wildman–Crippen LogP) is 4.41. The molecule has 218 valence electrons. The molecule has 0 aromatic heterocycles. The second kappa shape index (κ2) is 13.6. The molecule has 2 unspecified atom stereocenters. The third kappa shape index (κ3) is 8.76. The summed E-state index contributed by atoms with van der Waals surface area (Å²) in [5.41, 5.74) is 0.662. The molecule has 0 saturated carbocycles. The van der Waals surface area contributed by atoms with Crippen molar-refractivity contribution in [1.82, 2.24) is 0 Å². The Labute approximate surface area is 234 Å². The van der Waals surface area contributed by atoms with Crippen LogP contribution in [-0.2, 0) is 18.9 Å². The van der Waals surface area contributed by atoms with Crippen molar-refractivity contribution in [1.29, 1.82) is 0 Å². The van der Waals surface area contributed by atoms with E-state index in [1.165, 1.54) is 30.3 Å². The number of epoxide rings is 2. The van der Waals surface area contributed by atoms with Crippen LogP contribution in [0.1, 0.15) is 15.9 Å². The molecule has 0 amide bonds. The standard InChI is InChI=1S/C29H28F2O10/c1-18-8-21(41-29(32)19-2-5-27(24(30)9-19)38-15-33-11-22-13-35-22)4-6-26(18)40-17-37-20-3-7-28(25(31)10-20)39-16-34-12-23-14-36-23/h2-10,22-23H,11-17H2,1H3. The molecule has 2 atom stereocenters. The number of carbonyl (C=O) groups is 1. The second-order valence-corrected chi connectivity index (χ2v) is 9.14. The maximum Gasteiger partial charge on any atom is 0.343 e. The second-order valence-electron chi connectivity index (χ2n) is 9.14. The number of benzene rings is 3. The smallest absolute Gasteiger partial charge is 0.343 e. The van der Waals surface area contributed by atoms with Gasteiger partial charge in [-0.25, -0.2) is 13.6 Å². The summed E-state index contributed by atoms with van der Waals surface area (Å²) in [6, 6.07) is 12.6. The Morgan fingerprint density at radius 2 is 1.29 bits per heavy atom. The zero-order chi connectivity index (χ0) is 28.6. The van der Waals surface area contributed by atoms with Gasteiger partial charge in [0, 0.05) is 6.07 Å². The molecule has 3 aromatic carbocycles. The normalized spacial score (nSPS) is 17.0. The van der Waals surface area contributed by atoms with Crippen LogP contribution in [0.4, 0.5) is 8.78 Å². The highest BCUT2D eigenvalue weighted by molar-refractivity contribution is 5.91. The molecular formula is C29H28F2O10. The van der Waals surface area contributed by atoms with Gasteiger partial charge in [-0.1, -0.05) is 0 Å². The van der Waals surface area contributed by atoms with Crippen molar-refractivity contribution >= 4 is 5.97 Å². The van der Waals surface area contributed by atoms with E-state index in [2.05, 4.69) is 0 Å². The van der Waals surface area contributed by atoms with Crippen molar-refractivity contribution in [3.8, 4) is 28.7 Å². The summed E-state index contributed by atoms with van der Waals surface area (Å²) in [5, 5.41) is 0. The van der Waals surface area contributed by atoms with Gasteiger partial charge in [0.1, 0.15) is 29.5 Å².